The summed E-state index contributed by atoms with van der Waals surface area (Å²) in [7, 11) is 1.49. The van der Waals surface area contributed by atoms with Crippen LogP contribution >= 0.6 is 11.6 Å². The number of fused-ring (bicyclic) bond motifs is 1. The number of aromatic amines is 1. The van der Waals surface area contributed by atoms with E-state index in [2.05, 4.69) is 20.3 Å². The highest BCUT2D eigenvalue weighted by atomic mass is 35.5. The van der Waals surface area contributed by atoms with Crippen LogP contribution in [0.1, 0.15) is 21.9 Å². The smallest absolute Gasteiger partial charge is 0.267 e. The molecule has 4 aromatic rings. The number of aryl methyl sites for hydroxylation is 2. The van der Waals surface area contributed by atoms with Gasteiger partial charge in [0.2, 0.25) is 0 Å². The van der Waals surface area contributed by atoms with E-state index in [1.54, 1.807) is 12.1 Å². The SMILES string of the molecule is CNC(=O)c1cc(=O)c2cc(-c3cc(C)nc(Cl)c3)c(-c3ccc(C)o3)nc2[nH]1. The van der Waals surface area contributed by atoms with Crippen LogP contribution in [-0.4, -0.2) is 27.9 Å². The molecule has 0 bridgehead atoms. The quantitative estimate of drug-likeness (QED) is 0.501. The average molecular weight is 409 g/mol. The summed E-state index contributed by atoms with van der Waals surface area (Å²) in [5.41, 5.74) is 2.81. The molecule has 0 saturated carbocycles. The maximum atomic E-state index is 12.7. The number of halogens is 1. The summed E-state index contributed by atoms with van der Waals surface area (Å²) in [5, 5.41) is 3.19. The lowest BCUT2D eigenvalue weighted by Gasteiger charge is -2.11. The fraction of sp³-hybridized carbons (Fsp3) is 0.143. The van der Waals surface area contributed by atoms with Gasteiger partial charge in [0.15, 0.2) is 11.2 Å². The Labute approximate surface area is 170 Å². The second-order valence-corrected chi connectivity index (χ2v) is 7.02. The van der Waals surface area contributed by atoms with E-state index in [1.165, 1.54) is 13.1 Å². The van der Waals surface area contributed by atoms with Crippen molar-refractivity contribution in [3.63, 3.8) is 0 Å². The van der Waals surface area contributed by atoms with Crippen LogP contribution < -0.4 is 10.7 Å². The monoisotopic (exact) mass is 408 g/mol. The van der Waals surface area contributed by atoms with E-state index in [-0.39, 0.29) is 11.1 Å². The number of furan rings is 1. The van der Waals surface area contributed by atoms with Crippen LogP contribution in [0.4, 0.5) is 0 Å². The van der Waals surface area contributed by atoms with Crippen LogP contribution in [-0.2, 0) is 0 Å². The Kier molecular flexibility index (Phi) is 4.68. The zero-order valence-electron chi connectivity index (χ0n) is 16.0. The fourth-order valence-corrected chi connectivity index (χ4v) is 3.43. The molecule has 0 aromatic carbocycles. The van der Waals surface area contributed by atoms with Gasteiger partial charge in [0, 0.05) is 24.4 Å². The molecule has 0 aliphatic carbocycles. The predicted molar refractivity (Wildman–Crippen MR) is 111 cm³/mol. The molecule has 2 N–H and O–H groups in total. The van der Waals surface area contributed by atoms with Gasteiger partial charge in [0.1, 0.15) is 27.9 Å². The lowest BCUT2D eigenvalue weighted by Crippen LogP contribution is -2.21. The van der Waals surface area contributed by atoms with Gasteiger partial charge in [-0.15, -0.1) is 0 Å². The van der Waals surface area contributed by atoms with Crippen LogP contribution in [0.2, 0.25) is 5.15 Å². The number of amides is 1. The first-order valence-corrected chi connectivity index (χ1v) is 9.25. The zero-order valence-corrected chi connectivity index (χ0v) is 16.7. The van der Waals surface area contributed by atoms with Crippen molar-refractivity contribution in [3.8, 4) is 22.6 Å². The summed E-state index contributed by atoms with van der Waals surface area (Å²) in [4.78, 5) is 36.4. The highest BCUT2D eigenvalue weighted by Crippen LogP contribution is 2.34. The maximum Gasteiger partial charge on any atom is 0.267 e. The van der Waals surface area contributed by atoms with Crippen molar-refractivity contribution in [1.82, 2.24) is 20.3 Å². The van der Waals surface area contributed by atoms with Crippen LogP contribution in [0.5, 0.6) is 0 Å². The molecule has 7 nitrogen and oxygen atoms in total. The molecule has 0 atom stereocenters. The highest BCUT2D eigenvalue weighted by molar-refractivity contribution is 6.29. The molecule has 0 unspecified atom stereocenters. The number of aromatic nitrogens is 3. The third-order valence-corrected chi connectivity index (χ3v) is 4.69. The molecule has 4 rings (SSSR count). The number of nitrogens with zero attached hydrogens (tertiary/aromatic N) is 2. The van der Waals surface area contributed by atoms with Crippen molar-refractivity contribution in [1.29, 1.82) is 0 Å². The van der Waals surface area contributed by atoms with E-state index in [0.717, 1.165) is 17.0 Å². The Hall–Kier alpha value is -3.45. The van der Waals surface area contributed by atoms with Crippen molar-refractivity contribution >= 4 is 28.5 Å². The molecular formula is C21H17ClN4O3. The Morgan fingerprint density at radius 3 is 2.59 bits per heavy atom. The molecule has 146 valence electrons. The van der Waals surface area contributed by atoms with Gasteiger partial charge in [-0.2, -0.15) is 0 Å². The van der Waals surface area contributed by atoms with E-state index in [4.69, 9.17) is 16.0 Å². The first-order chi connectivity index (χ1) is 13.9. The third-order valence-electron chi connectivity index (χ3n) is 4.50. The number of carbonyl (C=O) groups excluding carboxylic acids is 1. The lowest BCUT2D eigenvalue weighted by atomic mass is 10.0. The summed E-state index contributed by atoms with van der Waals surface area (Å²) >= 11 is 6.16. The van der Waals surface area contributed by atoms with Crippen molar-refractivity contribution < 1.29 is 9.21 Å². The molecule has 0 radical (unpaired) electrons. The Morgan fingerprint density at radius 1 is 1.14 bits per heavy atom. The Balaban J connectivity index is 2.06. The second kappa shape index (κ2) is 7.18. The van der Waals surface area contributed by atoms with Crippen LogP contribution in [0.3, 0.4) is 0 Å². The number of H-pyrrole nitrogens is 1. The van der Waals surface area contributed by atoms with Crippen LogP contribution in [0.25, 0.3) is 33.6 Å². The molecule has 4 aromatic heterocycles. The lowest BCUT2D eigenvalue weighted by molar-refractivity contribution is 0.0958. The Morgan fingerprint density at radius 2 is 1.93 bits per heavy atom. The van der Waals surface area contributed by atoms with E-state index >= 15 is 0 Å². The molecule has 0 aliphatic rings. The van der Waals surface area contributed by atoms with E-state index in [1.807, 2.05) is 32.0 Å². The van der Waals surface area contributed by atoms with Crippen LogP contribution in [0, 0.1) is 13.8 Å². The van der Waals surface area contributed by atoms with Gasteiger partial charge in [-0.1, -0.05) is 11.6 Å². The third kappa shape index (κ3) is 3.52. The Bertz CT molecular complexity index is 1300. The van der Waals surface area contributed by atoms with Crippen molar-refractivity contribution in [2.45, 2.75) is 13.8 Å². The fourth-order valence-electron chi connectivity index (χ4n) is 3.18. The summed E-state index contributed by atoms with van der Waals surface area (Å²) in [5.74, 6) is 0.863. The molecule has 4 heterocycles. The standard InChI is InChI=1S/C21H17ClN4O3/c1-10-6-12(7-18(22)24-10)13-8-14-16(27)9-15(21(28)23-3)25-20(14)26-19(13)17-5-4-11(2)29-17/h4-9H,1-3H3,(H,23,28)(H,25,26,27). The van der Waals surface area contributed by atoms with Gasteiger partial charge in [-0.3, -0.25) is 9.59 Å². The van der Waals surface area contributed by atoms with Crippen LogP contribution in [0.15, 0.2) is 45.6 Å². The number of nitrogens with one attached hydrogen (secondary N) is 2. The number of hydrogen-bond donors (Lipinski definition) is 2. The highest BCUT2D eigenvalue weighted by Gasteiger charge is 2.18. The largest absolute Gasteiger partial charge is 0.460 e. The molecule has 8 heteroatoms. The summed E-state index contributed by atoms with van der Waals surface area (Å²) in [6.07, 6.45) is 0. The predicted octanol–water partition coefficient (Wildman–Crippen LogP) is 3.87. The topological polar surface area (TPSA) is 101 Å². The number of pyridine rings is 3. The summed E-state index contributed by atoms with van der Waals surface area (Å²) in [6, 6.07) is 10.2. The van der Waals surface area contributed by atoms with E-state index in [0.29, 0.717) is 33.2 Å². The maximum absolute atomic E-state index is 12.7. The molecule has 1 amide bonds. The summed E-state index contributed by atoms with van der Waals surface area (Å²) < 4.78 is 5.79. The first-order valence-electron chi connectivity index (χ1n) is 8.87. The first kappa shape index (κ1) is 18.9. The van der Waals surface area contributed by atoms with Gasteiger partial charge < -0.3 is 14.7 Å². The minimum absolute atomic E-state index is 0.134. The molecule has 0 fully saturated rings. The average Bonchev–Trinajstić information content (AvgIpc) is 3.11. The van der Waals surface area contributed by atoms with Crippen molar-refractivity contribution in [3.05, 3.63) is 68.9 Å². The zero-order chi connectivity index (χ0) is 20.7. The summed E-state index contributed by atoms with van der Waals surface area (Å²) in [6.45, 7) is 3.67. The van der Waals surface area contributed by atoms with Gasteiger partial charge >= 0.3 is 0 Å². The normalized spacial score (nSPS) is 11.0. The second-order valence-electron chi connectivity index (χ2n) is 6.64. The van der Waals surface area contributed by atoms with Crippen molar-refractivity contribution in [2.24, 2.45) is 0 Å². The molecule has 0 aliphatic heterocycles. The minimum Gasteiger partial charge on any atom is -0.460 e. The van der Waals surface area contributed by atoms with E-state index in [9.17, 15) is 9.59 Å². The minimum atomic E-state index is -0.401. The van der Waals surface area contributed by atoms with Gasteiger partial charge in [-0.25, -0.2) is 9.97 Å². The van der Waals surface area contributed by atoms with Gasteiger partial charge in [0.25, 0.3) is 5.91 Å². The van der Waals surface area contributed by atoms with E-state index < -0.39 is 5.91 Å². The molecular weight excluding hydrogens is 392 g/mol. The number of rotatable bonds is 3. The van der Waals surface area contributed by atoms with Gasteiger partial charge in [0.05, 0.1) is 5.39 Å². The number of hydrogen-bond acceptors (Lipinski definition) is 5. The number of carbonyl (C=O) groups is 1. The van der Waals surface area contributed by atoms with Crippen molar-refractivity contribution in [2.75, 3.05) is 7.05 Å². The molecule has 0 spiro atoms. The molecule has 0 saturated heterocycles. The van der Waals surface area contributed by atoms with Gasteiger partial charge in [-0.05, 0) is 49.7 Å². The molecule has 29 heavy (non-hydrogen) atoms.